The van der Waals surface area contributed by atoms with Crippen LogP contribution in [-0.2, 0) is 6.54 Å². The Morgan fingerprint density at radius 2 is 2.12 bits per heavy atom. The first-order valence-corrected chi connectivity index (χ1v) is 9.22. The SMILES string of the molecule is Cc1cnn(C[C@H]2CCCN2C(=O)c2ccccc2OCC2CC2)c1. The zero-order valence-electron chi connectivity index (χ0n) is 14.7. The van der Waals surface area contributed by atoms with Gasteiger partial charge in [-0.3, -0.25) is 9.48 Å². The summed E-state index contributed by atoms with van der Waals surface area (Å²) in [7, 11) is 0. The van der Waals surface area contributed by atoms with Gasteiger partial charge in [-0.15, -0.1) is 0 Å². The molecule has 1 amide bonds. The molecule has 2 aliphatic rings. The number of ether oxygens (including phenoxy) is 1. The van der Waals surface area contributed by atoms with Crippen molar-refractivity contribution in [2.75, 3.05) is 13.2 Å². The van der Waals surface area contributed by atoms with Crippen molar-refractivity contribution >= 4 is 5.91 Å². The van der Waals surface area contributed by atoms with Crippen LogP contribution in [0.3, 0.4) is 0 Å². The zero-order chi connectivity index (χ0) is 17.2. The molecular weight excluding hydrogens is 314 g/mol. The Hall–Kier alpha value is -2.30. The van der Waals surface area contributed by atoms with E-state index in [2.05, 4.69) is 5.10 Å². The number of hydrogen-bond acceptors (Lipinski definition) is 3. The third-order valence-electron chi connectivity index (χ3n) is 5.09. The van der Waals surface area contributed by atoms with Crippen molar-refractivity contribution in [3.05, 3.63) is 47.8 Å². The van der Waals surface area contributed by atoms with Crippen LogP contribution in [0.5, 0.6) is 5.75 Å². The topological polar surface area (TPSA) is 47.4 Å². The molecule has 1 saturated carbocycles. The minimum absolute atomic E-state index is 0.0813. The number of benzene rings is 1. The molecular formula is C20H25N3O2. The summed E-state index contributed by atoms with van der Waals surface area (Å²) >= 11 is 0. The first-order valence-electron chi connectivity index (χ1n) is 9.22. The fourth-order valence-corrected chi connectivity index (χ4v) is 3.49. The van der Waals surface area contributed by atoms with E-state index >= 15 is 0 Å². The van der Waals surface area contributed by atoms with Crippen molar-refractivity contribution in [3.63, 3.8) is 0 Å². The lowest BCUT2D eigenvalue weighted by molar-refractivity contribution is 0.0717. The Labute approximate surface area is 148 Å². The van der Waals surface area contributed by atoms with Crippen LogP contribution in [0, 0.1) is 12.8 Å². The Morgan fingerprint density at radius 3 is 2.88 bits per heavy atom. The molecule has 1 atom stereocenters. The Balaban J connectivity index is 1.49. The average Bonchev–Trinajstić information content (AvgIpc) is 3.19. The number of aromatic nitrogens is 2. The predicted molar refractivity (Wildman–Crippen MR) is 95.7 cm³/mol. The fourth-order valence-electron chi connectivity index (χ4n) is 3.49. The number of nitrogens with zero attached hydrogens (tertiary/aromatic N) is 3. The van der Waals surface area contributed by atoms with Crippen molar-refractivity contribution in [1.29, 1.82) is 0 Å². The minimum Gasteiger partial charge on any atom is -0.492 e. The largest absolute Gasteiger partial charge is 0.492 e. The Kier molecular flexibility index (Phi) is 4.47. The third-order valence-corrected chi connectivity index (χ3v) is 5.09. The summed E-state index contributed by atoms with van der Waals surface area (Å²) < 4.78 is 7.88. The molecule has 1 aliphatic heterocycles. The van der Waals surface area contributed by atoms with Gasteiger partial charge < -0.3 is 9.64 Å². The van der Waals surface area contributed by atoms with Gasteiger partial charge in [0.2, 0.25) is 0 Å². The van der Waals surface area contributed by atoms with E-state index in [9.17, 15) is 4.79 Å². The van der Waals surface area contributed by atoms with Gasteiger partial charge >= 0.3 is 0 Å². The Bertz CT molecular complexity index is 751. The first-order chi connectivity index (χ1) is 12.2. The van der Waals surface area contributed by atoms with E-state index in [0.717, 1.165) is 43.9 Å². The summed E-state index contributed by atoms with van der Waals surface area (Å²) in [6.45, 7) is 4.32. The van der Waals surface area contributed by atoms with Crippen molar-refractivity contribution < 1.29 is 9.53 Å². The highest BCUT2D eigenvalue weighted by Crippen LogP contribution is 2.31. The molecule has 132 valence electrons. The maximum atomic E-state index is 13.2. The molecule has 5 heteroatoms. The molecule has 0 N–H and O–H groups in total. The van der Waals surface area contributed by atoms with Crippen molar-refractivity contribution in [2.24, 2.45) is 5.92 Å². The van der Waals surface area contributed by atoms with Crippen LogP contribution < -0.4 is 4.74 Å². The van der Waals surface area contributed by atoms with Crippen LogP contribution >= 0.6 is 0 Å². The van der Waals surface area contributed by atoms with Crippen LogP contribution in [-0.4, -0.2) is 39.8 Å². The molecule has 2 fully saturated rings. The fraction of sp³-hybridized carbons (Fsp3) is 0.500. The molecule has 1 aliphatic carbocycles. The zero-order valence-corrected chi connectivity index (χ0v) is 14.7. The molecule has 0 spiro atoms. The van der Waals surface area contributed by atoms with Crippen molar-refractivity contribution in [1.82, 2.24) is 14.7 Å². The quantitative estimate of drug-likeness (QED) is 0.811. The maximum Gasteiger partial charge on any atom is 0.257 e. The second kappa shape index (κ2) is 6.90. The van der Waals surface area contributed by atoms with Crippen LogP contribution in [0.15, 0.2) is 36.7 Å². The smallest absolute Gasteiger partial charge is 0.257 e. The molecule has 4 rings (SSSR count). The van der Waals surface area contributed by atoms with E-state index in [-0.39, 0.29) is 11.9 Å². The average molecular weight is 339 g/mol. The van der Waals surface area contributed by atoms with Gasteiger partial charge in [0.15, 0.2) is 0 Å². The first kappa shape index (κ1) is 16.2. The van der Waals surface area contributed by atoms with Crippen LogP contribution in [0.25, 0.3) is 0 Å². The number of rotatable bonds is 6. The van der Waals surface area contributed by atoms with E-state index in [1.54, 1.807) is 0 Å². The van der Waals surface area contributed by atoms with E-state index in [1.165, 1.54) is 12.8 Å². The normalized spacial score (nSPS) is 20.0. The highest BCUT2D eigenvalue weighted by atomic mass is 16.5. The van der Waals surface area contributed by atoms with Gasteiger partial charge in [0, 0.05) is 12.7 Å². The summed E-state index contributed by atoms with van der Waals surface area (Å²) in [5.41, 5.74) is 1.83. The van der Waals surface area contributed by atoms with Crippen molar-refractivity contribution in [2.45, 2.75) is 45.2 Å². The van der Waals surface area contributed by atoms with E-state index < -0.39 is 0 Å². The van der Waals surface area contributed by atoms with E-state index in [4.69, 9.17) is 4.74 Å². The summed E-state index contributed by atoms with van der Waals surface area (Å²) in [6, 6.07) is 7.85. The van der Waals surface area contributed by atoms with E-state index in [0.29, 0.717) is 11.5 Å². The number of carbonyl (C=O) groups excluding carboxylic acids is 1. The number of likely N-dealkylation sites (tertiary alicyclic amines) is 1. The lowest BCUT2D eigenvalue weighted by atomic mass is 10.1. The highest BCUT2D eigenvalue weighted by molar-refractivity contribution is 5.97. The number of carbonyl (C=O) groups is 1. The van der Waals surface area contributed by atoms with Gasteiger partial charge in [-0.05, 0) is 56.2 Å². The molecule has 2 aromatic rings. The van der Waals surface area contributed by atoms with Crippen LogP contribution in [0.1, 0.15) is 41.6 Å². The van der Waals surface area contributed by atoms with Crippen molar-refractivity contribution in [3.8, 4) is 5.75 Å². The number of para-hydroxylation sites is 1. The maximum absolute atomic E-state index is 13.2. The number of amides is 1. The molecule has 25 heavy (non-hydrogen) atoms. The molecule has 2 heterocycles. The van der Waals surface area contributed by atoms with Gasteiger partial charge in [0.25, 0.3) is 5.91 Å². The molecule has 0 radical (unpaired) electrons. The lowest BCUT2D eigenvalue weighted by Gasteiger charge is -2.25. The Morgan fingerprint density at radius 1 is 1.28 bits per heavy atom. The van der Waals surface area contributed by atoms with Gasteiger partial charge in [-0.2, -0.15) is 5.10 Å². The van der Waals surface area contributed by atoms with Gasteiger partial charge in [-0.25, -0.2) is 0 Å². The van der Waals surface area contributed by atoms with Crippen LogP contribution in [0.2, 0.25) is 0 Å². The lowest BCUT2D eigenvalue weighted by Crippen LogP contribution is -2.38. The van der Waals surface area contributed by atoms with E-state index in [1.807, 2.05) is 53.2 Å². The predicted octanol–water partition coefficient (Wildman–Crippen LogP) is 3.29. The second-order valence-electron chi connectivity index (χ2n) is 7.28. The third kappa shape index (κ3) is 3.70. The monoisotopic (exact) mass is 339 g/mol. The van der Waals surface area contributed by atoms with Gasteiger partial charge in [0.1, 0.15) is 5.75 Å². The van der Waals surface area contributed by atoms with Gasteiger partial charge in [-0.1, -0.05) is 12.1 Å². The summed E-state index contributed by atoms with van der Waals surface area (Å²) in [4.78, 5) is 15.1. The number of aryl methyl sites for hydroxylation is 1. The molecule has 1 aromatic heterocycles. The molecule has 0 bridgehead atoms. The molecule has 1 saturated heterocycles. The molecule has 1 aromatic carbocycles. The summed E-state index contributed by atoms with van der Waals surface area (Å²) in [5, 5.41) is 4.37. The van der Waals surface area contributed by atoms with Gasteiger partial charge in [0.05, 0.1) is 31.0 Å². The summed E-state index contributed by atoms with van der Waals surface area (Å²) in [6.07, 6.45) is 8.45. The second-order valence-corrected chi connectivity index (χ2v) is 7.28. The number of hydrogen-bond donors (Lipinski definition) is 0. The minimum atomic E-state index is 0.0813. The molecule has 0 unspecified atom stereocenters. The summed E-state index contributed by atoms with van der Waals surface area (Å²) in [5.74, 6) is 1.48. The standard InChI is InChI=1S/C20H25N3O2/c1-15-11-21-22(12-15)13-17-5-4-10-23(17)20(24)18-6-2-3-7-19(18)25-14-16-8-9-16/h2-3,6-7,11-12,16-17H,4-5,8-10,13-14H2,1H3/t17-/m1/s1. The highest BCUT2D eigenvalue weighted by Gasteiger charge is 2.31. The molecule has 5 nitrogen and oxygen atoms in total. The van der Waals surface area contributed by atoms with Crippen LogP contribution in [0.4, 0.5) is 0 Å².